The Morgan fingerprint density at radius 3 is 2.73 bits per heavy atom. The zero-order valence-electron chi connectivity index (χ0n) is 8.40. The van der Waals surface area contributed by atoms with Gasteiger partial charge in [0, 0.05) is 17.7 Å². The van der Waals surface area contributed by atoms with E-state index < -0.39 is 4.92 Å². The van der Waals surface area contributed by atoms with Gasteiger partial charge in [-0.2, -0.15) is 0 Å². The standard InChI is InChI=1S/C10H12N2O2S/c1-2-3-7-6-8(12(13)14)4-5-9(7)10(11)15/h4-6H,2-3H2,1H3,(H2,11,15). The molecular weight excluding hydrogens is 212 g/mol. The molecule has 0 spiro atoms. The fourth-order valence-corrected chi connectivity index (χ4v) is 1.61. The van der Waals surface area contributed by atoms with Crippen LogP contribution in [0.5, 0.6) is 0 Å². The van der Waals surface area contributed by atoms with E-state index in [4.69, 9.17) is 18.0 Å². The van der Waals surface area contributed by atoms with Crippen molar-refractivity contribution in [2.75, 3.05) is 0 Å². The summed E-state index contributed by atoms with van der Waals surface area (Å²) >= 11 is 4.88. The number of nitrogens with two attached hydrogens (primary N) is 1. The van der Waals surface area contributed by atoms with Crippen LogP contribution in [0, 0.1) is 10.1 Å². The Bertz CT molecular complexity index is 404. The first-order valence-electron chi connectivity index (χ1n) is 4.63. The van der Waals surface area contributed by atoms with E-state index in [9.17, 15) is 10.1 Å². The minimum atomic E-state index is -0.414. The average molecular weight is 224 g/mol. The lowest BCUT2D eigenvalue weighted by Crippen LogP contribution is -2.12. The molecule has 0 amide bonds. The number of non-ortho nitro benzene ring substituents is 1. The van der Waals surface area contributed by atoms with E-state index in [0.717, 1.165) is 24.0 Å². The van der Waals surface area contributed by atoms with Gasteiger partial charge in [0.25, 0.3) is 5.69 Å². The molecule has 0 aromatic heterocycles. The first kappa shape index (κ1) is 11.6. The zero-order chi connectivity index (χ0) is 11.4. The number of nitro benzene ring substituents is 1. The smallest absolute Gasteiger partial charge is 0.269 e. The SMILES string of the molecule is CCCc1cc([N+](=O)[O-])ccc1C(N)=S. The lowest BCUT2D eigenvalue weighted by Gasteiger charge is -2.06. The van der Waals surface area contributed by atoms with Crippen LogP contribution in [0.3, 0.4) is 0 Å². The summed E-state index contributed by atoms with van der Waals surface area (Å²) in [5, 5.41) is 10.6. The van der Waals surface area contributed by atoms with Crippen molar-refractivity contribution in [3.63, 3.8) is 0 Å². The maximum Gasteiger partial charge on any atom is 0.269 e. The van der Waals surface area contributed by atoms with Crippen LogP contribution in [-0.4, -0.2) is 9.91 Å². The summed E-state index contributed by atoms with van der Waals surface area (Å²) in [4.78, 5) is 10.5. The van der Waals surface area contributed by atoms with Gasteiger partial charge in [-0.1, -0.05) is 25.6 Å². The summed E-state index contributed by atoms with van der Waals surface area (Å²) in [6.07, 6.45) is 1.64. The Labute approximate surface area is 93.2 Å². The minimum Gasteiger partial charge on any atom is -0.389 e. The molecule has 1 aromatic carbocycles. The van der Waals surface area contributed by atoms with E-state index in [0.29, 0.717) is 0 Å². The third-order valence-corrected chi connectivity index (χ3v) is 2.30. The predicted molar refractivity (Wildman–Crippen MR) is 63.0 cm³/mol. The molecule has 2 N–H and O–H groups in total. The van der Waals surface area contributed by atoms with Crippen LogP contribution in [0.15, 0.2) is 18.2 Å². The highest BCUT2D eigenvalue weighted by molar-refractivity contribution is 7.80. The van der Waals surface area contributed by atoms with Crippen LogP contribution < -0.4 is 5.73 Å². The topological polar surface area (TPSA) is 69.2 Å². The van der Waals surface area contributed by atoms with E-state index in [1.807, 2.05) is 6.92 Å². The number of aryl methyl sites for hydroxylation is 1. The molecule has 5 heteroatoms. The second-order valence-electron chi connectivity index (χ2n) is 3.21. The number of hydrogen-bond donors (Lipinski definition) is 1. The zero-order valence-corrected chi connectivity index (χ0v) is 9.21. The van der Waals surface area contributed by atoms with Gasteiger partial charge in [0.15, 0.2) is 0 Å². The molecule has 0 aliphatic carbocycles. The largest absolute Gasteiger partial charge is 0.389 e. The van der Waals surface area contributed by atoms with Crippen molar-refractivity contribution in [3.8, 4) is 0 Å². The van der Waals surface area contributed by atoms with Gasteiger partial charge >= 0.3 is 0 Å². The number of nitrogens with zero attached hydrogens (tertiary/aromatic N) is 1. The molecule has 0 saturated heterocycles. The molecule has 80 valence electrons. The van der Waals surface area contributed by atoms with Crippen molar-refractivity contribution in [1.29, 1.82) is 0 Å². The second-order valence-corrected chi connectivity index (χ2v) is 3.65. The molecule has 0 fully saturated rings. The monoisotopic (exact) mass is 224 g/mol. The van der Waals surface area contributed by atoms with Crippen molar-refractivity contribution in [1.82, 2.24) is 0 Å². The van der Waals surface area contributed by atoms with Crippen LogP contribution in [-0.2, 0) is 6.42 Å². The number of benzene rings is 1. The van der Waals surface area contributed by atoms with Gasteiger partial charge in [-0.05, 0) is 18.1 Å². The molecule has 1 aromatic rings. The van der Waals surface area contributed by atoms with Crippen LogP contribution in [0.25, 0.3) is 0 Å². The van der Waals surface area contributed by atoms with Crippen LogP contribution in [0.2, 0.25) is 0 Å². The summed E-state index contributed by atoms with van der Waals surface area (Å²) in [7, 11) is 0. The first-order valence-corrected chi connectivity index (χ1v) is 5.04. The highest BCUT2D eigenvalue weighted by atomic mass is 32.1. The Hall–Kier alpha value is -1.49. The molecule has 0 radical (unpaired) electrons. The van der Waals surface area contributed by atoms with E-state index in [-0.39, 0.29) is 10.7 Å². The van der Waals surface area contributed by atoms with Crippen molar-refractivity contribution >= 4 is 22.9 Å². The van der Waals surface area contributed by atoms with Crippen LogP contribution >= 0.6 is 12.2 Å². The van der Waals surface area contributed by atoms with E-state index >= 15 is 0 Å². The van der Waals surface area contributed by atoms with Gasteiger partial charge in [-0.3, -0.25) is 10.1 Å². The summed E-state index contributed by atoms with van der Waals surface area (Å²) in [5.74, 6) is 0. The molecule has 0 aliphatic heterocycles. The Balaban J connectivity index is 3.20. The van der Waals surface area contributed by atoms with E-state index in [2.05, 4.69) is 0 Å². The number of nitro groups is 1. The van der Waals surface area contributed by atoms with E-state index in [1.165, 1.54) is 12.1 Å². The Morgan fingerprint density at radius 1 is 1.60 bits per heavy atom. The fraction of sp³-hybridized carbons (Fsp3) is 0.300. The van der Waals surface area contributed by atoms with Crippen molar-refractivity contribution in [3.05, 3.63) is 39.4 Å². The molecule has 1 rings (SSSR count). The van der Waals surface area contributed by atoms with Gasteiger partial charge in [0.1, 0.15) is 4.99 Å². The highest BCUT2D eigenvalue weighted by Gasteiger charge is 2.11. The predicted octanol–water partition coefficient (Wildman–Crippen LogP) is 2.18. The minimum absolute atomic E-state index is 0.0819. The van der Waals surface area contributed by atoms with Gasteiger partial charge < -0.3 is 5.73 Å². The van der Waals surface area contributed by atoms with Crippen molar-refractivity contribution in [2.24, 2.45) is 5.73 Å². The van der Waals surface area contributed by atoms with Gasteiger partial charge in [-0.25, -0.2) is 0 Å². The molecule has 15 heavy (non-hydrogen) atoms. The third kappa shape index (κ3) is 2.73. The summed E-state index contributed by atoms with van der Waals surface area (Å²) in [6.45, 7) is 2.00. The normalized spacial score (nSPS) is 9.93. The number of thiocarbonyl (C=S) groups is 1. The van der Waals surface area contributed by atoms with Crippen molar-refractivity contribution < 1.29 is 4.92 Å². The molecule has 0 unspecified atom stereocenters. The molecule has 0 bridgehead atoms. The molecular formula is C10H12N2O2S. The first-order chi connectivity index (χ1) is 7.06. The molecule has 0 heterocycles. The summed E-state index contributed by atoms with van der Waals surface area (Å²) < 4.78 is 0. The number of rotatable bonds is 4. The summed E-state index contributed by atoms with van der Waals surface area (Å²) in [5.41, 5.74) is 7.19. The quantitative estimate of drug-likeness (QED) is 0.483. The maximum atomic E-state index is 10.6. The Morgan fingerprint density at radius 2 is 2.27 bits per heavy atom. The lowest BCUT2D eigenvalue weighted by molar-refractivity contribution is -0.384. The molecule has 0 aliphatic rings. The lowest BCUT2D eigenvalue weighted by atomic mass is 10.0. The van der Waals surface area contributed by atoms with E-state index in [1.54, 1.807) is 6.07 Å². The van der Waals surface area contributed by atoms with Gasteiger partial charge in [0.05, 0.1) is 4.92 Å². The Kier molecular flexibility index (Phi) is 3.74. The average Bonchev–Trinajstić information content (AvgIpc) is 2.17. The third-order valence-electron chi connectivity index (χ3n) is 2.08. The summed E-state index contributed by atoms with van der Waals surface area (Å²) in [6, 6.07) is 4.58. The highest BCUT2D eigenvalue weighted by Crippen LogP contribution is 2.19. The van der Waals surface area contributed by atoms with Crippen LogP contribution in [0.1, 0.15) is 24.5 Å². The van der Waals surface area contributed by atoms with Gasteiger partial charge in [0.2, 0.25) is 0 Å². The molecule has 4 nitrogen and oxygen atoms in total. The molecule has 0 atom stereocenters. The van der Waals surface area contributed by atoms with Gasteiger partial charge in [-0.15, -0.1) is 0 Å². The van der Waals surface area contributed by atoms with Crippen molar-refractivity contribution in [2.45, 2.75) is 19.8 Å². The molecule has 0 saturated carbocycles. The number of hydrogen-bond acceptors (Lipinski definition) is 3. The maximum absolute atomic E-state index is 10.6. The fourth-order valence-electron chi connectivity index (χ4n) is 1.41. The second kappa shape index (κ2) is 4.84. The van der Waals surface area contributed by atoms with Crippen LogP contribution in [0.4, 0.5) is 5.69 Å².